The van der Waals surface area contributed by atoms with Gasteiger partial charge in [0.15, 0.2) is 0 Å². The third kappa shape index (κ3) is 4.43. The third-order valence-electron chi connectivity index (χ3n) is 2.90. The first-order chi connectivity index (χ1) is 9.20. The van der Waals surface area contributed by atoms with Gasteiger partial charge < -0.3 is 15.0 Å². The molecule has 1 aliphatic carbocycles. The zero-order chi connectivity index (χ0) is 13.7. The van der Waals surface area contributed by atoms with Crippen LogP contribution in [0.1, 0.15) is 29.6 Å². The molecular weight excluding hydrogens is 264 g/mol. The maximum absolute atomic E-state index is 12.1. The van der Waals surface area contributed by atoms with Crippen LogP contribution in [0, 0.1) is 5.92 Å². The van der Waals surface area contributed by atoms with Crippen LogP contribution in [-0.2, 0) is 4.74 Å². The Hall–Kier alpha value is -1.21. The van der Waals surface area contributed by atoms with Crippen molar-refractivity contribution in [1.29, 1.82) is 0 Å². The van der Waals surface area contributed by atoms with E-state index in [1.165, 1.54) is 24.2 Å². The van der Waals surface area contributed by atoms with Gasteiger partial charge in [0.2, 0.25) is 10.1 Å². The number of likely N-dealkylation sites (N-methyl/N-ethyl adjacent to an activating group) is 1. The van der Waals surface area contributed by atoms with Crippen molar-refractivity contribution < 1.29 is 9.53 Å². The van der Waals surface area contributed by atoms with Crippen LogP contribution >= 0.6 is 11.3 Å². The van der Waals surface area contributed by atoms with Crippen LogP contribution in [0.25, 0.3) is 0 Å². The fourth-order valence-corrected chi connectivity index (χ4v) is 2.34. The molecule has 19 heavy (non-hydrogen) atoms. The van der Waals surface area contributed by atoms with Gasteiger partial charge in [-0.25, -0.2) is 0 Å². The number of hydrogen-bond acceptors (Lipinski definition) is 6. The van der Waals surface area contributed by atoms with E-state index in [2.05, 4.69) is 15.5 Å². The number of nitrogens with zero attached hydrogens (tertiary/aromatic N) is 3. The number of aromatic nitrogens is 2. The summed E-state index contributed by atoms with van der Waals surface area (Å²) in [6.45, 7) is 4.74. The van der Waals surface area contributed by atoms with E-state index in [9.17, 15) is 4.79 Å². The second-order valence-electron chi connectivity index (χ2n) is 4.69. The highest BCUT2D eigenvalue weighted by atomic mass is 32.1. The summed E-state index contributed by atoms with van der Waals surface area (Å²) in [5.41, 5.74) is 0. The topological polar surface area (TPSA) is 67.4 Å². The molecule has 0 spiro atoms. The highest BCUT2D eigenvalue weighted by molar-refractivity contribution is 7.17. The summed E-state index contributed by atoms with van der Waals surface area (Å²) in [6.07, 6.45) is 2.57. The quantitative estimate of drug-likeness (QED) is 0.732. The van der Waals surface area contributed by atoms with Crippen LogP contribution in [0.15, 0.2) is 0 Å². The van der Waals surface area contributed by atoms with Crippen molar-refractivity contribution in [1.82, 2.24) is 15.1 Å². The van der Waals surface area contributed by atoms with Crippen molar-refractivity contribution in [3.8, 4) is 0 Å². The normalized spacial score (nSPS) is 14.4. The van der Waals surface area contributed by atoms with Crippen molar-refractivity contribution in [2.75, 3.05) is 38.7 Å². The molecule has 7 heteroatoms. The highest BCUT2D eigenvalue weighted by Crippen LogP contribution is 2.28. The lowest BCUT2D eigenvalue weighted by Gasteiger charge is -2.15. The lowest BCUT2D eigenvalue weighted by Crippen LogP contribution is -2.30. The van der Waals surface area contributed by atoms with E-state index in [-0.39, 0.29) is 5.91 Å². The number of amides is 1. The van der Waals surface area contributed by atoms with E-state index in [1.54, 1.807) is 11.9 Å². The average molecular weight is 284 g/mol. The molecule has 0 aliphatic heterocycles. The van der Waals surface area contributed by atoms with Gasteiger partial charge in [0.05, 0.1) is 6.61 Å². The van der Waals surface area contributed by atoms with E-state index in [0.717, 1.165) is 19.1 Å². The Morgan fingerprint density at radius 3 is 3.00 bits per heavy atom. The zero-order valence-electron chi connectivity index (χ0n) is 11.4. The van der Waals surface area contributed by atoms with E-state index < -0.39 is 0 Å². The molecule has 1 N–H and O–H groups in total. The predicted molar refractivity (Wildman–Crippen MR) is 74.6 cm³/mol. The molecule has 0 radical (unpaired) electrons. The maximum atomic E-state index is 12.1. The first-order valence-electron chi connectivity index (χ1n) is 6.61. The minimum atomic E-state index is -0.100. The first kappa shape index (κ1) is 14.2. The van der Waals surface area contributed by atoms with Crippen molar-refractivity contribution in [3.63, 3.8) is 0 Å². The van der Waals surface area contributed by atoms with Crippen LogP contribution in [-0.4, -0.2) is 54.4 Å². The fraction of sp³-hybridized carbons (Fsp3) is 0.750. The van der Waals surface area contributed by atoms with Gasteiger partial charge in [0, 0.05) is 26.7 Å². The second-order valence-corrected chi connectivity index (χ2v) is 5.67. The smallest absolute Gasteiger partial charge is 0.284 e. The van der Waals surface area contributed by atoms with Crippen molar-refractivity contribution >= 4 is 22.4 Å². The first-order valence-corrected chi connectivity index (χ1v) is 7.43. The summed E-state index contributed by atoms with van der Waals surface area (Å²) in [6, 6.07) is 0. The Morgan fingerprint density at radius 2 is 2.32 bits per heavy atom. The molecule has 1 aromatic rings. The molecule has 1 aromatic heterocycles. The lowest BCUT2D eigenvalue weighted by atomic mass is 10.4. The molecule has 0 saturated heterocycles. The molecule has 0 atom stereocenters. The van der Waals surface area contributed by atoms with Gasteiger partial charge in [-0.15, -0.1) is 10.2 Å². The number of anilines is 1. The van der Waals surface area contributed by atoms with E-state index in [1.807, 2.05) is 6.92 Å². The molecule has 2 rings (SSSR count). The number of rotatable bonds is 8. The van der Waals surface area contributed by atoms with Crippen LogP contribution in [0.4, 0.5) is 5.13 Å². The van der Waals surface area contributed by atoms with Crippen molar-refractivity contribution in [2.45, 2.75) is 19.8 Å². The van der Waals surface area contributed by atoms with E-state index in [0.29, 0.717) is 23.3 Å². The molecule has 106 valence electrons. The fourth-order valence-electron chi connectivity index (χ4n) is 1.53. The number of nitrogens with one attached hydrogen (secondary N) is 1. The summed E-state index contributed by atoms with van der Waals surface area (Å²) in [7, 11) is 1.76. The maximum Gasteiger partial charge on any atom is 0.284 e. The monoisotopic (exact) mass is 284 g/mol. The van der Waals surface area contributed by atoms with Gasteiger partial charge in [-0.3, -0.25) is 4.79 Å². The average Bonchev–Trinajstić information content (AvgIpc) is 3.12. The summed E-state index contributed by atoms with van der Waals surface area (Å²) in [5, 5.41) is 12.0. The van der Waals surface area contributed by atoms with Crippen LogP contribution in [0.2, 0.25) is 0 Å². The lowest BCUT2D eigenvalue weighted by molar-refractivity contribution is 0.0680. The Balaban J connectivity index is 1.73. The minimum absolute atomic E-state index is 0.100. The summed E-state index contributed by atoms with van der Waals surface area (Å²) < 4.78 is 5.52. The van der Waals surface area contributed by atoms with Gasteiger partial charge in [0.25, 0.3) is 5.91 Å². The molecule has 1 aliphatic rings. The van der Waals surface area contributed by atoms with E-state index >= 15 is 0 Å². The van der Waals surface area contributed by atoms with Crippen molar-refractivity contribution in [3.05, 3.63) is 5.01 Å². The van der Waals surface area contributed by atoms with E-state index in [4.69, 9.17) is 4.74 Å². The summed E-state index contributed by atoms with van der Waals surface area (Å²) in [4.78, 5) is 13.7. The molecule has 6 nitrogen and oxygen atoms in total. The third-order valence-corrected chi connectivity index (χ3v) is 3.77. The molecule has 0 bridgehead atoms. The number of carbonyl (C=O) groups is 1. The summed E-state index contributed by atoms with van der Waals surface area (Å²) >= 11 is 1.28. The molecule has 1 heterocycles. The Kier molecular flexibility index (Phi) is 5.09. The Morgan fingerprint density at radius 1 is 1.53 bits per heavy atom. The van der Waals surface area contributed by atoms with Gasteiger partial charge in [-0.2, -0.15) is 0 Å². The molecule has 1 saturated carbocycles. The highest BCUT2D eigenvalue weighted by Gasteiger charge is 2.21. The van der Waals surface area contributed by atoms with Crippen molar-refractivity contribution in [2.24, 2.45) is 5.92 Å². The van der Waals surface area contributed by atoms with Crippen LogP contribution in [0.5, 0.6) is 0 Å². The molecule has 1 amide bonds. The number of carbonyl (C=O) groups excluding carboxylic acids is 1. The molecule has 0 unspecified atom stereocenters. The number of ether oxygens (including phenoxy) is 1. The molecule has 1 fully saturated rings. The van der Waals surface area contributed by atoms with Gasteiger partial charge in [-0.1, -0.05) is 11.3 Å². The predicted octanol–water partition coefficient (Wildman–Crippen LogP) is 1.47. The SMILES string of the molecule is CCNc1nnc(C(=O)N(C)CCOCC2CC2)s1. The van der Waals surface area contributed by atoms with Gasteiger partial charge in [0.1, 0.15) is 0 Å². The minimum Gasteiger partial charge on any atom is -0.379 e. The van der Waals surface area contributed by atoms with Crippen LogP contribution < -0.4 is 5.32 Å². The Labute approximate surface area is 117 Å². The molecule has 0 aromatic carbocycles. The van der Waals surface area contributed by atoms with Gasteiger partial charge in [-0.05, 0) is 25.7 Å². The van der Waals surface area contributed by atoms with Crippen LogP contribution in [0.3, 0.4) is 0 Å². The zero-order valence-corrected chi connectivity index (χ0v) is 12.2. The van der Waals surface area contributed by atoms with Gasteiger partial charge >= 0.3 is 0 Å². The second kappa shape index (κ2) is 6.81. The Bertz CT molecular complexity index is 420. The summed E-state index contributed by atoms with van der Waals surface area (Å²) in [5.74, 6) is 0.656. The largest absolute Gasteiger partial charge is 0.379 e. The number of hydrogen-bond donors (Lipinski definition) is 1. The standard InChI is InChI=1S/C12H20N4O2S/c1-3-13-12-15-14-10(19-12)11(17)16(2)6-7-18-8-9-4-5-9/h9H,3-8H2,1-2H3,(H,13,15). The molecular formula is C12H20N4O2S.